The lowest BCUT2D eigenvalue weighted by atomic mass is 9.78. The van der Waals surface area contributed by atoms with Crippen molar-refractivity contribution in [3.05, 3.63) is 72.1 Å². The first-order valence-corrected chi connectivity index (χ1v) is 9.17. The average molecular weight is 322 g/mol. The fraction of sp³-hybridized carbons (Fsp3) is 0.391. The Kier molecular flexibility index (Phi) is 5.50. The molecule has 126 valence electrons. The first-order valence-electron chi connectivity index (χ1n) is 9.17. The number of hydrogen-bond acceptors (Lipinski definition) is 0. The topological polar surface area (TPSA) is 0 Å². The van der Waals surface area contributed by atoms with Gasteiger partial charge in [-0.3, -0.25) is 0 Å². The second kappa shape index (κ2) is 7.79. The Morgan fingerprint density at radius 3 is 2.62 bits per heavy atom. The predicted octanol–water partition coefficient (Wildman–Crippen LogP) is 6.95. The quantitative estimate of drug-likeness (QED) is 0.523. The highest BCUT2D eigenvalue weighted by molar-refractivity contribution is 5.84. The van der Waals surface area contributed by atoms with Crippen LogP contribution in [0.3, 0.4) is 0 Å². The molecule has 1 aliphatic carbocycles. The van der Waals surface area contributed by atoms with Gasteiger partial charge in [-0.15, -0.1) is 6.58 Å². The molecule has 24 heavy (non-hydrogen) atoms. The van der Waals surface area contributed by atoms with E-state index in [0.717, 1.165) is 54.9 Å². The van der Waals surface area contributed by atoms with E-state index in [9.17, 15) is 0 Å². The standard InChI is InChI=1S/C23H27F/c1-3-5-6-7-18-10-14-22-20(16-18)13-15-21(23(22)24)19-11-8-17(4-2)9-12-19/h3-5,10,13-17,19H,2,6-9,11-12H2,1H3/b5-3+. The molecule has 1 saturated carbocycles. The van der Waals surface area contributed by atoms with Crippen LogP contribution in [0.1, 0.15) is 56.1 Å². The van der Waals surface area contributed by atoms with Crippen LogP contribution in [0.4, 0.5) is 4.39 Å². The Balaban J connectivity index is 1.83. The average Bonchev–Trinajstić information content (AvgIpc) is 2.62. The van der Waals surface area contributed by atoms with E-state index in [1.807, 2.05) is 19.1 Å². The van der Waals surface area contributed by atoms with Gasteiger partial charge in [0.25, 0.3) is 0 Å². The molecule has 3 rings (SSSR count). The van der Waals surface area contributed by atoms with Gasteiger partial charge in [0.1, 0.15) is 5.82 Å². The van der Waals surface area contributed by atoms with E-state index in [0.29, 0.717) is 11.8 Å². The normalized spacial score (nSPS) is 21.4. The number of halogens is 1. The zero-order chi connectivity index (χ0) is 16.9. The van der Waals surface area contributed by atoms with Crippen LogP contribution in [-0.4, -0.2) is 0 Å². The maximum Gasteiger partial charge on any atom is 0.134 e. The van der Waals surface area contributed by atoms with Gasteiger partial charge in [-0.1, -0.05) is 48.6 Å². The molecule has 0 spiro atoms. The minimum atomic E-state index is -0.00504. The second-order valence-corrected chi connectivity index (χ2v) is 6.98. The van der Waals surface area contributed by atoms with Crippen molar-refractivity contribution in [3.63, 3.8) is 0 Å². The van der Waals surface area contributed by atoms with Gasteiger partial charge < -0.3 is 0 Å². The van der Waals surface area contributed by atoms with Crippen molar-refractivity contribution >= 4 is 10.8 Å². The second-order valence-electron chi connectivity index (χ2n) is 6.98. The van der Waals surface area contributed by atoms with Crippen LogP contribution in [0.5, 0.6) is 0 Å². The van der Waals surface area contributed by atoms with Crippen LogP contribution in [0, 0.1) is 11.7 Å². The molecule has 0 heterocycles. The molecule has 0 amide bonds. The molecule has 0 saturated heterocycles. The van der Waals surface area contributed by atoms with E-state index in [1.54, 1.807) is 0 Å². The highest BCUT2D eigenvalue weighted by atomic mass is 19.1. The van der Waals surface area contributed by atoms with E-state index < -0.39 is 0 Å². The van der Waals surface area contributed by atoms with Crippen LogP contribution < -0.4 is 0 Å². The highest BCUT2D eigenvalue weighted by Gasteiger charge is 2.23. The Bertz CT molecular complexity index is 733. The van der Waals surface area contributed by atoms with Gasteiger partial charge in [0.15, 0.2) is 0 Å². The van der Waals surface area contributed by atoms with E-state index in [1.165, 1.54) is 5.56 Å². The lowest BCUT2D eigenvalue weighted by molar-refractivity contribution is 0.369. The Labute approximate surface area is 145 Å². The molecule has 0 bridgehead atoms. The van der Waals surface area contributed by atoms with Gasteiger partial charge in [-0.25, -0.2) is 4.39 Å². The van der Waals surface area contributed by atoms with Crippen LogP contribution in [0.2, 0.25) is 0 Å². The van der Waals surface area contributed by atoms with Crippen molar-refractivity contribution in [2.45, 2.75) is 51.4 Å². The molecule has 0 aliphatic heterocycles. The van der Waals surface area contributed by atoms with E-state index in [2.05, 4.69) is 43.0 Å². The molecule has 0 atom stereocenters. The predicted molar refractivity (Wildman–Crippen MR) is 102 cm³/mol. The Morgan fingerprint density at radius 2 is 1.92 bits per heavy atom. The SMILES string of the molecule is C=CC1CCC(c2ccc3cc(CC/C=C/C)ccc3c2F)CC1. The minimum absolute atomic E-state index is 0.00504. The summed E-state index contributed by atoms with van der Waals surface area (Å²) in [5.41, 5.74) is 2.19. The summed E-state index contributed by atoms with van der Waals surface area (Å²) in [7, 11) is 0. The summed E-state index contributed by atoms with van der Waals surface area (Å²) in [4.78, 5) is 0. The van der Waals surface area contributed by atoms with E-state index in [-0.39, 0.29) is 5.82 Å². The molecule has 0 unspecified atom stereocenters. The van der Waals surface area contributed by atoms with Crippen LogP contribution in [0.15, 0.2) is 55.1 Å². The highest BCUT2D eigenvalue weighted by Crippen LogP contribution is 2.38. The first kappa shape index (κ1) is 17.0. The van der Waals surface area contributed by atoms with Crippen molar-refractivity contribution in [1.29, 1.82) is 0 Å². The monoisotopic (exact) mass is 322 g/mol. The van der Waals surface area contributed by atoms with Gasteiger partial charge in [0, 0.05) is 5.39 Å². The smallest absolute Gasteiger partial charge is 0.134 e. The van der Waals surface area contributed by atoms with Crippen LogP contribution in [-0.2, 0) is 6.42 Å². The Morgan fingerprint density at radius 1 is 1.12 bits per heavy atom. The summed E-state index contributed by atoms with van der Waals surface area (Å²) in [5.74, 6) is 0.971. The molecule has 1 fully saturated rings. The summed E-state index contributed by atoms with van der Waals surface area (Å²) in [6.07, 6.45) is 12.8. The van der Waals surface area contributed by atoms with Crippen molar-refractivity contribution in [2.24, 2.45) is 5.92 Å². The van der Waals surface area contributed by atoms with Gasteiger partial charge >= 0.3 is 0 Å². The number of benzene rings is 2. The van der Waals surface area contributed by atoms with Crippen molar-refractivity contribution < 1.29 is 4.39 Å². The maximum atomic E-state index is 15.0. The largest absolute Gasteiger partial charge is 0.206 e. The zero-order valence-electron chi connectivity index (χ0n) is 14.6. The lowest BCUT2D eigenvalue weighted by Crippen LogP contribution is -2.12. The summed E-state index contributed by atoms with van der Waals surface area (Å²) in [6, 6.07) is 10.3. The summed E-state index contributed by atoms with van der Waals surface area (Å²) in [6.45, 7) is 5.94. The molecule has 0 aromatic heterocycles. The minimum Gasteiger partial charge on any atom is -0.206 e. The number of aryl methyl sites for hydroxylation is 1. The molecular weight excluding hydrogens is 295 g/mol. The fourth-order valence-corrected chi connectivity index (χ4v) is 3.91. The molecule has 0 radical (unpaired) electrons. The molecule has 1 aliphatic rings. The zero-order valence-corrected chi connectivity index (χ0v) is 14.6. The molecule has 0 nitrogen and oxygen atoms in total. The summed E-state index contributed by atoms with van der Waals surface area (Å²) in [5, 5.41) is 1.79. The fourth-order valence-electron chi connectivity index (χ4n) is 3.91. The van der Waals surface area contributed by atoms with Gasteiger partial charge in [-0.05, 0) is 73.8 Å². The van der Waals surface area contributed by atoms with Crippen molar-refractivity contribution in [1.82, 2.24) is 0 Å². The van der Waals surface area contributed by atoms with Gasteiger partial charge in [-0.2, -0.15) is 0 Å². The van der Waals surface area contributed by atoms with Crippen molar-refractivity contribution in [3.8, 4) is 0 Å². The first-order chi connectivity index (χ1) is 11.7. The van der Waals surface area contributed by atoms with Crippen LogP contribution >= 0.6 is 0 Å². The molecular formula is C23H27F. The number of rotatable bonds is 5. The number of allylic oxidation sites excluding steroid dienone is 3. The summed E-state index contributed by atoms with van der Waals surface area (Å²) < 4.78 is 15.0. The third-order valence-electron chi connectivity index (χ3n) is 5.43. The lowest BCUT2D eigenvalue weighted by Gasteiger charge is -2.27. The van der Waals surface area contributed by atoms with Crippen molar-refractivity contribution in [2.75, 3.05) is 0 Å². The van der Waals surface area contributed by atoms with E-state index in [4.69, 9.17) is 0 Å². The molecule has 1 heteroatoms. The molecule has 2 aromatic rings. The Hall–Kier alpha value is -1.89. The third kappa shape index (κ3) is 3.61. The van der Waals surface area contributed by atoms with Gasteiger partial charge in [0.2, 0.25) is 0 Å². The number of hydrogen-bond donors (Lipinski definition) is 0. The molecule has 0 N–H and O–H groups in total. The number of fused-ring (bicyclic) bond motifs is 1. The van der Waals surface area contributed by atoms with E-state index >= 15 is 4.39 Å². The summed E-state index contributed by atoms with van der Waals surface area (Å²) >= 11 is 0. The van der Waals surface area contributed by atoms with Gasteiger partial charge in [0.05, 0.1) is 0 Å². The molecule has 2 aromatic carbocycles. The maximum absolute atomic E-state index is 15.0. The van der Waals surface area contributed by atoms with Crippen LogP contribution in [0.25, 0.3) is 10.8 Å². The third-order valence-corrected chi connectivity index (χ3v) is 5.43.